The van der Waals surface area contributed by atoms with E-state index in [0.717, 1.165) is 45.4 Å². The van der Waals surface area contributed by atoms with Crippen LogP contribution in [0.15, 0.2) is 4.99 Å². The zero-order valence-electron chi connectivity index (χ0n) is 14.7. The predicted molar refractivity (Wildman–Crippen MR) is 95.9 cm³/mol. The molecule has 0 aliphatic heterocycles. The molecule has 0 heterocycles. The molecule has 0 amide bonds. The maximum Gasteiger partial charge on any atom is 0.0931 e. The molecule has 0 radical (unpaired) electrons. The van der Waals surface area contributed by atoms with Crippen LogP contribution in [0.25, 0.3) is 0 Å². The summed E-state index contributed by atoms with van der Waals surface area (Å²) >= 11 is 0. The molecule has 8 nitrogen and oxygen atoms in total. The van der Waals surface area contributed by atoms with Gasteiger partial charge in [-0.2, -0.15) is 0 Å². The van der Waals surface area contributed by atoms with Crippen LogP contribution >= 0.6 is 0 Å². The molecule has 0 bridgehead atoms. The van der Waals surface area contributed by atoms with Gasteiger partial charge in [0.15, 0.2) is 0 Å². The molecule has 8 heteroatoms. The molecule has 1 rings (SSSR count). The lowest BCUT2D eigenvalue weighted by molar-refractivity contribution is 0.103. The van der Waals surface area contributed by atoms with E-state index in [4.69, 9.17) is 10.2 Å². The number of aliphatic imine (C=N–C) groups is 1. The number of aliphatic hydroxyl groups excluding tert-OH is 3. The second-order valence-electron chi connectivity index (χ2n) is 6.10. The van der Waals surface area contributed by atoms with Gasteiger partial charge in [-0.1, -0.05) is 12.8 Å². The second kappa shape index (κ2) is 14.7. The van der Waals surface area contributed by atoms with Crippen molar-refractivity contribution < 1.29 is 15.3 Å². The van der Waals surface area contributed by atoms with Gasteiger partial charge in [0.2, 0.25) is 0 Å². The summed E-state index contributed by atoms with van der Waals surface area (Å²) in [6, 6.07) is 0. The summed E-state index contributed by atoms with van der Waals surface area (Å²) in [5.74, 6) is 0.207. The topological polar surface area (TPSA) is 112 Å². The molecule has 142 valence electrons. The molecule has 0 spiro atoms. The highest BCUT2D eigenvalue weighted by molar-refractivity contribution is 5.61. The highest BCUT2D eigenvalue weighted by atomic mass is 16.3. The van der Waals surface area contributed by atoms with Gasteiger partial charge in [0, 0.05) is 51.4 Å². The number of aliphatic hydroxyl groups is 3. The van der Waals surface area contributed by atoms with Gasteiger partial charge in [-0.25, -0.2) is 5.01 Å². The summed E-state index contributed by atoms with van der Waals surface area (Å²) in [5.41, 5.74) is 3.33. The van der Waals surface area contributed by atoms with Crippen LogP contribution in [0.4, 0.5) is 0 Å². The highest BCUT2D eigenvalue weighted by Gasteiger charge is 2.20. The lowest BCUT2D eigenvalue weighted by Crippen LogP contribution is -2.46. The smallest absolute Gasteiger partial charge is 0.0931 e. The van der Waals surface area contributed by atoms with E-state index in [1.54, 1.807) is 0 Å². The maximum atomic E-state index is 9.94. The molecule has 1 saturated carbocycles. The van der Waals surface area contributed by atoms with Crippen LogP contribution in [0.1, 0.15) is 25.7 Å². The molecule has 2 atom stereocenters. The van der Waals surface area contributed by atoms with Crippen LogP contribution < -0.4 is 16.1 Å². The number of hydrazine groups is 1. The van der Waals surface area contributed by atoms with Crippen LogP contribution in [0, 0.1) is 5.92 Å². The Morgan fingerprint density at radius 2 is 1.83 bits per heavy atom. The van der Waals surface area contributed by atoms with Crippen molar-refractivity contribution in [2.24, 2.45) is 10.9 Å². The van der Waals surface area contributed by atoms with Crippen molar-refractivity contribution in [2.75, 3.05) is 59.2 Å². The lowest BCUT2D eigenvalue weighted by Gasteiger charge is -2.25. The van der Waals surface area contributed by atoms with Gasteiger partial charge in [0.05, 0.1) is 26.0 Å². The van der Waals surface area contributed by atoms with Gasteiger partial charge in [-0.15, -0.1) is 0 Å². The van der Waals surface area contributed by atoms with Crippen LogP contribution in [-0.4, -0.2) is 91.8 Å². The monoisotopic (exact) mass is 345 g/mol. The molecule has 0 aromatic rings. The zero-order chi connectivity index (χ0) is 17.5. The van der Waals surface area contributed by atoms with E-state index in [1.807, 2.05) is 6.21 Å². The van der Waals surface area contributed by atoms with E-state index >= 15 is 0 Å². The Morgan fingerprint density at radius 1 is 1.00 bits per heavy atom. The second-order valence-corrected chi connectivity index (χ2v) is 6.10. The fourth-order valence-corrected chi connectivity index (χ4v) is 2.77. The van der Waals surface area contributed by atoms with E-state index in [9.17, 15) is 5.11 Å². The standard InChI is InChI=1S/C16H35N5O3/c22-12-9-17-5-6-20-21(11-8-19-14-23)10-7-18-13-15-3-1-2-4-16(15)24/h13,15-17,19-20,22-24H,1-12,14H2. The summed E-state index contributed by atoms with van der Waals surface area (Å²) in [7, 11) is 0. The fraction of sp³-hybridized carbons (Fsp3) is 0.938. The first-order valence-corrected chi connectivity index (χ1v) is 9.07. The number of nitrogens with one attached hydrogen (secondary N) is 3. The van der Waals surface area contributed by atoms with Crippen molar-refractivity contribution in [1.29, 1.82) is 0 Å². The normalized spacial score (nSPS) is 21.8. The number of hydrogen-bond donors (Lipinski definition) is 6. The van der Waals surface area contributed by atoms with E-state index < -0.39 is 0 Å². The van der Waals surface area contributed by atoms with E-state index in [1.165, 1.54) is 6.42 Å². The van der Waals surface area contributed by atoms with Crippen LogP contribution in [-0.2, 0) is 0 Å². The Morgan fingerprint density at radius 3 is 2.58 bits per heavy atom. The van der Waals surface area contributed by atoms with Gasteiger partial charge in [0.25, 0.3) is 0 Å². The fourth-order valence-electron chi connectivity index (χ4n) is 2.77. The van der Waals surface area contributed by atoms with Crippen molar-refractivity contribution in [2.45, 2.75) is 31.8 Å². The molecule has 24 heavy (non-hydrogen) atoms. The molecule has 1 aliphatic rings. The zero-order valence-corrected chi connectivity index (χ0v) is 14.7. The largest absolute Gasteiger partial charge is 0.395 e. The quantitative estimate of drug-likeness (QED) is 0.0987. The molecule has 2 unspecified atom stereocenters. The molecule has 0 aromatic carbocycles. The van der Waals surface area contributed by atoms with Crippen molar-refractivity contribution in [1.82, 2.24) is 21.1 Å². The predicted octanol–water partition coefficient (Wildman–Crippen LogP) is -1.46. The third kappa shape index (κ3) is 10.3. The summed E-state index contributed by atoms with van der Waals surface area (Å²) < 4.78 is 0. The first-order chi connectivity index (χ1) is 11.8. The van der Waals surface area contributed by atoms with Gasteiger partial charge in [-0.05, 0) is 12.8 Å². The lowest BCUT2D eigenvalue weighted by atomic mass is 9.87. The summed E-state index contributed by atoms with van der Waals surface area (Å²) in [6.07, 6.45) is 5.90. The van der Waals surface area contributed by atoms with Gasteiger partial charge in [0.1, 0.15) is 0 Å². The Bertz CT molecular complexity index is 320. The average molecular weight is 345 g/mol. The third-order valence-corrected chi connectivity index (χ3v) is 4.17. The maximum absolute atomic E-state index is 9.94. The molecule has 6 N–H and O–H groups in total. The highest BCUT2D eigenvalue weighted by Crippen LogP contribution is 2.22. The average Bonchev–Trinajstić information content (AvgIpc) is 2.59. The third-order valence-electron chi connectivity index (χ3n) is 4.17. The van der Waals surface area contributed by atoms with Crippen molar-refractivity contribution in [3.05, 3.63) is 0 Å². The summed E-state index contributed by atoms with van der Waals surface area (Å²) in [6.45, 7) is 5.18. The van der Waals surface area contributed by atoms with Crippen LogP contribution in [0.3, 0.4) is 0 Å². The Labute approximate surface area is 145 Å². The molecular weight excluding hydrogens is 310 g/mol. The van der Waals surface area contributed by atoms with Crippen LogP contribution in [0.2, 0.25) is 0 Å². The molecule has 1 fully saturated rings. The minimum Gasteiger partial charge on any atom is -0.395 e. The number of nitrogens with zero attached hydrogens (tertiary/aromatic N) is 2. The first kappa shape index (κ1) is 21.4. The Balaban J connectivity index is 2.23. The van der Waals surface area contributed by atoms with Gasteiger partial charge in [-0.3, -0.25) is 15.7 Å². The van der Waals surface area contributed by atoms with E-state index in [-0.39, 0.29) is 25.4 Å². The Hall–Kier alpha value is -0.610. The van der Waals surface area contributed by atoms with Crippen molar-refractivity contribution in [3.8, 4) is 0 Å². The summed E-state index contributed by atoms with van der Waals surface area (Å²) in [5, 5.41) is 35.6. The number of hydrogen-bond acceptors (Lipinski definition) is 8. The first-order valence-electron chi connectivity index (χ1n) is 9.07. The minimum absolute atomic E-state index is 0.0242. The SMILES string of the molecule is OCCNCCNN(CCN=CC1CCCCC1O)CCNCO. The van der Waals surface area contributed by atoms with Crippen LogP contribution in [0.5, 0.6) is 0 Å². The van der Waals surface area contributed by atoms with Gasteiger partial charge < -0.3 is 20.6 Å². The molecular formula is C16H35N5O3. The Kier molecular flexibility index (Phi) is 13.1. The molecule has 0 aromatic heterocycles. The summed E-state index contributed by atoms with van der Waals surface area (Å²) in [4.78, 5) is 4.49. The van der Waals surface area contributed by atoms with Crippen molar-refractivity contribution >= 4 is 6.21 Å². The van der Waals surface area contributed by atoms with Crippen molar-refractivity contribution in [3.63, 3.8) is 0 Å². The molecule has 1 aliphatic carbocycles. The minimum atomic E-state index is -0.233. The molecule has 0 saturated heterocycles. The number of rotatable bonds is 14. The van der Waals surface area contributed by atoms with E-state index in [0.29, 0.717) is 19.6 Å². The van der Waals surface area contributed by atoms with Gasteiger partial charge >= 0.3 is 0 Å². The van der Waals surface area contributed by atoms with E-state index in [2.05, 4.69) is 26.1 Å².